The van der Waals surface area contributed by atoms with Gasteiger partial charge in [0.2, 0.25) is 22.7 Å². The van der Waals surface area contributed by atoms with Gasteiger partial charge in [0.25, 0.3) is 0 Å². The molecule has 12 heteroatoms. The van der Waals surface area contributed by atoms with Crippen molar-refractivity contribution in [3.05, 3.63) is 53.0 Å². The fourth-order valence-corrected chi connectivity index (χ4v) is 4.94. The summed E-state index contributed by atoms with van der Waals surface area (Å²) in [6, 6.07) is 5.81. The van der Waals surface area contributed by atoms with Crippen LogP contribution in [0.2, 0.25) is 0 Å². The molecular formula is C25H31F4N3O4S. The van der Waals surface area contributed by atoms with E-state index in [0.29, 0.717) is 11.5 Å². The van der Waals surface area contributed by atoms with Crippen molar-refractivity contribution in [2.24, 2.45) is 11.7 Å². The van der Waals surface area contributed by atoms with Crippen molar-refractivity contribution in [2.45, 2.75) is 70.1 Å². The van der Waals surface area contributed by atoms with Crippen molar-refractivity contribution in [1.82, 2.24) is 4.98 Å². The fraction of sp³-hybridized carbons (Fsp3) is 0.520. The highest BCUT2D eigenvalue weighted by molar-refractivity contribution is 7.74. The summed E-state index contributed by atoms with van der Waals surface area (Å²) in [6.45, 7) is 2.11. The molecule has 1 unspecified atom stereocenters. The molecular weight excluding hydrogens is 514 g/mol. The average molecular weight is 546 g/mol. The number of alkyl halides is 3. The van der Waals surface area contributed by atoms with Crippen molar-refractivity contribution in [2.75, 3.05) is 11.4 Å². The smallest absolute Gasteiger partial charge is 0.433 e. The van der Waals surface area contributed by atoms with Crippen LogP contribution in [-0.2, 0) is 28.3 Å². The predicted octanol–water partition coefficient (Wildman–Crippen LogP) is 4.75. The van der Waals surface area contributed by atoms with E-state index in [9.17, 15) is 30.8 Å². The van der Waals surface area contributed by atoms with Gasteiger partial charge in [0.05, 0.1) is 11.6 Å². The fourth-order valence-electron chi connectivity index (χ4n) is 4.60. The number of nitrogens with zero attached hydrogens (tertiary/aromatic N) is 2. The Morgan fingerprint density at radius 3 is 2.41 bits per heavy atom. The molecule has 7 nitrogen and oxygen atoms in total. The normalized spacial score (nSPS) is 19.0. The molecule has 204 valence electrons. The molecule has 37 heavy (non-hydrogen) atoms. The Hall–Kier alpha value is -2.89. The van der Waals surface area contributed by atoms with Crippen LogP contribution in [0.4, 0.5) is 23.2 Å². The Kier molecular flexibility index (Phi) is 9.38. The third-order valence-corrected chi connectivity index (χ3v) is 7.60. The van der Waals surface area contributed by atoms with Crippen LogP contribution in [0.5, 0.6) is 5.88 Å². The van der Waals surface area contributed by atoms with Crippen LogP contribution in [0.25, 0.3) is 0 Å². The molecule has 0 spiro atoms. The minimum absolute atomic E-state index is 0.0613. The third-order valence-electron chi connectivity index (χ3n) is 6.89. The molecule has 3 rings (SSSR count). The molecule has 1 aliphatic rings. The second-order valence-corrected chi connectivity index (χ2v) is 10.4. The number of benzene rings is 1. The Labute approximate surface area is 215 Å². The highest BCUT2D eigenvalue weighted by Gasteiger charge is 2.34. The first-order valence-electron chi connectivity index (χ1n) is 12.1. The number of hydrogen-bond donors (Lipinski definition) is 2. The zero-order valence-electron chi connectivity index (χ0n) is 20.6. The number of ether oxygens (including phenoxy) is 1. The standard InChI is InChI=1S/C25H31F4N3O4S/c1-3-15-4-9-18(10-5-15)36-24-16(8-13-22(31-24)25(27,28)29)6-11-19(23(30)33)17-7-12-21(20(26)14-17)32(2)37(34)35/h7-8,12-15,18-19,37H,3-6,9-11H2,1-2H3,(H2,30,33). The number of anilines is 1. The second-order valence-electron chi connectivity index (χ2n) is 9.29. The Morgan fingerprint density at radius 2 is 1.86 bits per heavy atom. The highest BCUT2D eigenvalue weighted by Crippen LogP contribution is 2.35. The zero-order valence-corrected chi connectivity index (χ0v) is 21.5. The summed E-state index contributed by atoms with van der Waals surface area (Å²) in [6.07, 6.45) is -0.402. The topological polar surface area (TPSA) is 103 Å². The summed E-state index contributed by atoms with van der Waals surface area (Å²) in [4.78, 5) is 16.0. The molecule has 1 aromatic carbocycles. The Morgan fingerprint density at radius 1 is 1.19 bits per heavy atom. The molecule has 1 fully saturated rings. The second kappa shape index (κ2) is 12.1. The molecule has 1 amide bonds. The summed E-state index contributed by atoms with van der Waals surface area (Å²) >= 11 is 0. The van der Waals surface area contributed by atoms with Gasteiger partial charge < -0.3 is 10.5 Å². The van der Waals surface area contributed by atoms with Crippen molar-refractivity contribution >= 4 is 22.5 Å². The number of carbonyl (C=O) groups excluding carboxylic acids is 1. The van der Waals surface area contributed by atoms with Gasteiger partial charge in [0.1, 0.15) is 17.6 Å². The van der Waals surface area contributed by atoms with E-state index in [1.165, 1.54) is 25.2 Å². The third kappa shape index (κ3) is 7.33. The summed E-state index contributed by atoms with van der Waals surface area (Å²) < 4.78 is 83.6. The van der Waals surface area contributed by atoms with Gasteiger partial charge in [-0.25, -0.2) is 17.8 Å². The molecule has 0 bridgehead atoms. The van der Waals surface area contributed by atoms with Gasteiger partial charge in [-0.05, 0) is 68.2 Å². The number of amides is 1. The molecule has 1 heterocycles. The SMILES string of the molecule is CCC1CCC(Oc2nc(C(F)(F)F)ccc2CCC(C(N)=O)c2ccc(N(C)[SH](=O)=O)c(F)c2)CC1. The minimum atomic E-state index is -4.65. The van der Waals surface area contributed by atoms with Crippen LogP contribution in [0.15, 0.2) is 30.3 Å². The van der Waals surface area contributed by atoms with Crippen molar-refractivity contribution in [1.29, 1.82) is 0 Å². The number of nitrogens with two attached hydrogens (primary N) is 1. The number of rotatable bonds is 10. The van der Waals surface area contributed by atoms with Crippen molar-refractivity contribution < 1.29 is 35.5 Å². The number of aromatic nitrogens is 1. The van der Waals surface area contributed by atoms with Crippen LogP contribution < -0.4 is 14.8 Å². The van der Waals surface area contributed by atoms with Crippen LogP contribution in [-0.4, -0.2) is 32.5 Å². The number of hydrogen-bond acceptors (Lipinski definition) is 5. The molecule has 2 N–H and O–H groups in total. The van der Waals surface area contributed by atoms with E-state index in [1.807, 2.05) is 0 Å². The van der Waals surface area contributed by atoms with Crippen LogP contribution >= 0.6 is 0 Å². The van der Waals surface area contributed by atoms with E-state index in [-0.39, 0.29) is 36.1 Å². The van der Waals surface area contributed by atoms with E-state index in [0.717, 1.165) is 48.5 Å². The highest BCUT2D eigenvalue weighted by atomic mass is 32.2. The number of carbonyl (C=O) groups is 1. The first-order chi connectivity index (χ1) is 17.4. The molecule has 2 aromatic rings. The quantitative estimate of drug-likeness (QED) is 0.331. The molecule has 0 aliphatic heterocycles. The average Bonchev–Trinajstić information content (AvgIpc) is 2.84. The first kappa shape index (κ1) is 28.7. The molecule has 0 saturated heterocycles. The lowest BCUT2D eigenvalue weighted by atomic mass is 9.86. The monoisotopic (exact) mass is 545 g/mol. The molecule has 0 radical (unpaired) electrons. The molecule has 1 atom stereocenters. The van der Waals surface area contributed by atoms with E-state index < -0.39 is 40.4 Å². The zero-order chi connectivity index (χ0) is 27.3. The van der Waals surface area contributed by atoms with Crippen LogP contribution in [0.3, 0.4) is 0 Å². The first-order valence-corrected chi connectivity index (χ1v) is 13.2. The maximum atomic E-state index is 14.6. The molecule has 1 saturated carbocycles. The van der Waals surface area contributed by atoms with E-state index in [4.69, 9.17) is 10.5 Å². The van der Waals surface area contributed by atoms with E-state index in [1.54, 1.807) is 0 Å². The molecule has 1 aromatic heterocycles. The number of halogens is 4. The number of thiol groups is 1. The van der Waals surface area contributed by atoms with Gasteiger partial charge in [-0.3, -0.25) is 9.10 Å². The van der Waals surface area contributed by atoms with Gasteiger partial charge in [-0.2, -0.15) is 13.2 Å². The lowest BCUT2D eigenvalue weighted by Gasteiger charge is -2.28. The van der Waals surface area contributed by atoms with Gasteiger partial charge in [-0.1, -0.05) is 25.5 Å². The number of primary amides is 1. The summed E-state index contributed by atoms with van der Waals surface area (Å²) in [5, 5.41) is 0. The summed E-state index contributed by atoms with van der Waals surface area (Å²) in [5.41, 5.74) is 4.91. The maximum Gasteiger partial charge on any atom is 0.433 e. The van der Waals surface area contributed by atoms with E-state index >= 15 is 0 Å². The summed E-state index contributed by atoms with van der Waals surface area (Å²) in [7, 11) is -1.87. The maximum absolute atomic E-state index is 14.6. The van der Waals surface area contributed by atoms with Crippen LogP contribution in [0.1, 0.15) is 68.2 Å². The Bertz CT molecular complexity index is 1170. The Balaban J connectivity index is 1.83. The minimum Gasteiger partial charge on any atom is -0.474 e. The number of pyridine rings is 1. The van der Waals surface area contributed by atoms with Gasteiger partial charge >= 0.3 is 6.18 Å². The largest absolute Gasteiger partial charge is 0.474 e. The predicted molar refractivity (Wildman–Crippen MR) is 131 cm³/mol. The molecule has 1 aliphatic carbocycles. The summed E-state index contributed by atoms with van der Waals surface area (Å²) in [5.74, 6) is -2.12. The number of aryl methyl sites for hydroxylation is 1. The lowest BCUT2D eigenvalue weighted by molar-refractivity contribution is -0.141. The van der Waals surface area contributed by atoms with Gasteiger partial charge in [0.15, 0.2) is 0 Å². The van der Waals surface area contributed by atoms with Gasteiger partial charge in [0, 0.05) is 12.6 Å². The van der Waals surface area contributed by atoms with Gasteiger partial charge in [-0.15, -0.1) is 0 Å². The van der Waals surface area contributed by atoms with E-state index in [2.05, 4.69) is 11.9 Å². The van der Waals surface area contributed by atoms with Crippen LogP contribution in [0, 0.1) is 11.7 Å². The van der Waals surface area contributed by atoms with Crippen molar-refractivity contribution in [3.63, 3.8) is 0 Å². The lowest BCUT2D eigenvalue weighted by Crippen LogP contribution is -2.25. The van der Waals surface area contributed by atoms with Crippen molar-refractivity contribution in [3.8, 4) is 5.88 Å².